The van der Waals surface area contributed by atoms with Crippen LogP contribution in [0.3, 0.4) is 0 Å². The molecule has 3 heterocycles. The molecule has 2 aromatic rings. The van der Waals surface area contributed by atoms with E-state index in [1.54, 1.807) is 11.9 Å². The lowest BCUT2D eigenvalue weighted by atomic mass is 9.77. The molecule has 0 spiro atoms. The molecule has 2 aliphatic heterocycles. The average Bonchev–Trinajstić information content (AvgIpc) is 2.81. The predicted octanol–water partition coefficient (Wildman–Crippen LogP) is 4.74. The van der Waals surface area contributed by atoms with E-state index in [4.69, 9.17) is 4.74 Å². The molecule has 1 aromatic carbocycles. The molecule has 4 rings (SSSR count). The van der Waals surface area contributed by atoms with E-state index in [9.17, 15) is 13.2 Å². The number of piperazine rings is 1. The van der Waals surface area contributed by atoms with Crippen molar-refractivity contribution in [1.82, 2.24) is 19.8 Å². The largest absolute Gasteiger partial charge is 0.366 e. The van der Waals surface area contributed by atoms with Crippen molar-refractivity contribution in [2.75, 3.05) is 49.3 Å². The number of anilines is 4. The minimum Gasteiger partial charge on any atom is -0.366 e. The second-order valence-electron chi connectivity index (χ2n) is 11.3. The molecule has 37 heavy (non-hydrogen) atoms. The van der Waals surface area contributed by atoms with Crippen molar-refractivity contribution in [3.8, 4) is 0 Å². The number of likely N-dealkylation sites (N-methyl/N-ethyl adjacent to an activating group) is 1. The van der Waals surface area contributed by atoms with Crippen LogP contribution in [0, 0.1) is 5.82 Å². The van der Waals surface area contributed by atoms with Gasteiger partial charge in [0.05, 0.1) is 12.7 Å². The maximum atomic E-state index is 14.6. The maximum absolute atomic E-state index is 14.6. The standard InChI is InChI=1S/C26H38F3N7O/c1-25(2)13-18(14-26(3,4)35(25)6)31-22-20(27)15-30-24(33-22)32-17-7-9-19(10-8-17)36-12-11-34(5)21(16-36)37-23(28)29/h7-10,15,18,21,23H,11-14,16H2,1-6H3,(H2,30,31,32,33). The lowest BCUT2D eigenvalue weighted by molar-refractivity contribution is -0.200. The maximum Gasteiger partial charge on any atom is 0.346 e. The van der Waals surface area contributed by atoms with Crippen molar-refractivity contribution < 1.29 is 17.9 Å². The monoisotopic (exact) mass is 521 g/mol. The molecule has 2 aliphatic rings. The van der Waals surface area contributed by atoms with Crippen molar-refractivity contribution in [2.45, 2.75) is 70.5 Å². The van der Waals surface area contributed by atoms with Gasteiger partial charge in [-0.3, -0.25) is 9.80 Å². The Hall–Kier alpha value is -2.63. The number of nitrogens with one attached hydrogen (secondary N) is 2. The number of hydrogen-bond acceptors (Lipinski definition) is 8. The Morgan fingerprint density at radius 3 is 2.30 bits per heavy atom. The lowest BCUT2D eigenvalue weighted by Crippen LogP contribution is -2.61. The van der Waals surface area contributed by atoms with E-state index in [-0.39, 0.29) is 28.9 Å². The third kappa shape index (κ3) is 6.45. The van der Waals surface area contributed by atoms with Gasteiger partial charge in [0, 0.05) is 41.6 Å². The Kier molecular flexibility index (Phi) is 7.87. The van der Waals surface area contributed by atoms with Gasteiger partial charge in [0.1, 0.15) is 6.23 Å². The van der Waals surface area contributed by atoms with Crippen LogP contribution in [0.2, 0.25) is 0 Å². The van der Waals surface area contributed by atoms with Crippen LogP contribution in [0.25, 0.3) is 0 Å². The number of benzene rings is 1. The van der Waals surface area contributed by atoms with E-state index in [1.807, 2.05) is 29.2 Å². The number of halogens is 3. The zero-order valence-corrected chi connectivity index (χ0v) is 22.4. The van der Waals surface area contributed by atoms with Crippen molar-refractivity contribution in [1.29, 1.82) is 0 Å². The van der Waals surface area contributed by atoms with Gasteiger partial charge in [-0.1, -0.05) is 0 Å². The Balaban J connectivity index is 1.42. The fourth-order valence-corrected chi connectivity index (χ4v) is 5.42. The zero-order chi connectivity index (χ0) is 27.0. The van der Waals surface area contributed by atoms with Gasteiger partial charge in [-0.2, -0.15) is 13.8 Å². The van der Waals surface area contributed by atoms with Gasteiger partial charge < -0.3 is 20.3 Å². The number of piperidine rings is 1. The van der Waals surface area contributed by atoms with Gasteiger partial charge in [0.25, 0.3) is 0 Å². The Labute approximate surface area is 217 Å². The Morgan fingerprint density at radius 1 is 1.03 bits per heavy atom. The molecule has 2 fully saturated rings. The summed E-state index contributed by atoms with van der Waals surface area (Å²) < 4.78 is 44.8. The first-order chi connectivity index (χ1) is 17.3. The summed E-state index contributed by atoms with van der Waals surface area (Å²) in [5, 5.41) is 6.44. The van der Waals surface area contributed by atoms with Crippen LogP contribution in [0.1, 0.15) is 40.5 Å². The molecule has 1 unspecified atom stereocenters. The number of alkyl halides is 2. The number of hydrogen-bond donors (Lipinski definition) is 2. The molecule has 204 valence electrons. The summed E-state index contributed by atoms with van der Waals surface area (Å²) in [6, 6.07) is 7.59. The van der Waals surface area contributed by atoms with Gasteiger partial charge in [0.2, 0.25) is 5.95 Å². The molecule has 8 nitrogen and oxygen atoms in total. The van der Waals surface area contributed by atoms with E-state index >= 15 is 0 Å². The first-order valence-electron chi connectivity index (χ1n) is 12.6. The summed E-state index contributed by atoms with van der Waals surface area (Å²) in [5.74, 6) is -0.0306. The molecule has 1 atom stereocenters. The van der Waals surface area contributed by atoms with Crippen LogP contribution in [0.15, 0.2) is 30.5 Å². The van der Waals surface area contributed by atoms with Crippen LogP contribution in [0.4, 0.5) is 36.3 Å². The number of ether oxygens (including phenoxy) is 1. The molecule has 1 aromatic heterocycles. The van der Waals surface area contributed by atoms with Crippen LogP contribution in [0.5, 0.6) is 0 Å². The number of likely N-dealkylation sites (tertiary alicyclic amines) is 1. The Morgan fingerprint density at radius 2 is 1.68 bits per heavy atom. The molecular formula is C26H38F3N7O. The molecule has 11 heteroatoms. The summed E-state index contributed by atoms with van der Waals surface area (Å²) in [4.78, 5) is 14.7. The summed E-state index contributed by atoms with van der Waals surface area (Å²) >= 11 is 0. The molecule has 2 N–H and O–H groups in total. The highest BCUT2D eigenvalue weighted by Gasteiger charge is 2.43. The average molecular weight is 522 g/mol. The van der Waals surface area contributed by atoms with E-state index < -0.39 is 18.7 Å². The third-order valence-electron chi connectivity index (χ3n) is 7.73. The minimum absolute atomic E-state index is 0.0406. The van der Waals surface area contributed by atoms with Gasteiger partial charge >= 0.3 is 6.61 Å². The van der Waals surface area contributed by atoms with Crippen LogP contribution >= 0.6 is 0 Å². The fraction of sp³-hybridized carbons (Fsp3) is 0.615. The van der Waals surface area contributed by atoms with Gasteiger partial charge in [0.15, 0.2) is 11.6 Å². The normalized spacial score (nSPS) is 22.9. The number of rotatable bonds is 7. The quantitative estimate of drug-likeness (QED) is 0.542. The van der Waals surface area contributed by atoms with Crippen LogP contribution < -0.4 is 15.5 Å². The summed E-state index contributed by atoms with van der Waals surface area (Å²) in [7, 11) is 3.91. The Bertz CT molecular complexity index is 1050. The lowest BCUT2D eigenvalue weighted by Gasteiger charge is -2.53. The van der Waals surface area contributed by atoms with Crippen molar-refractivity contribution in [3.05, 3.63) is 36.3 Å². The summed E-state index contributed by atoms with van der Waals surface area (Å²) in [5.41, 5.74) is 1.55. The van der Waals surface area contributed by atoms with Gasteiger partial charge in [-0.05, 0) is 78.9 Å². The predicted molar refractivity (Wildman–Crippen MR) is 140 cm³/mol. The first-order valence-corrected chi connectivity index (χ1v) is 12.6. The minimum atomic E-state index is -2.81. The van der Waals surface area contributed by atoms with Crippen LogP contribution in [-0.4, -0.2) is 83.5 Å². The smallest absolute Gasteiger partial charge is 0.346 e. The number of nitrogens with zero attached hydrogens (tertiary/aromatic N) is 5. The molecule has 0 radical (unpaired) electrons. The van der Waals surface area contributed by atoms with Crippen molar-refractivity contribution in [3.63, 3.8) is 0 Å². The molecular weight excluding hydrogens is 483 g/mol. The molecule has 0 bridgehead atoms. The van der Waals surface area contributed by atoms with E-state index in [1.165, 1.54) is 6.20 Å². The summed E-state index contributed by atoms with van der Waals surface area (Å²) in [6.45, 7) is 7.64. The fourth-order valence-electron chi connectivity index (χ4n) is 5.42. The third-order valence-corrected chi connectivity index (χ3v) is 7.73. The summed E-state index contributed by atoms with van der Waals surface area (Å²) in [6.07, 6.45) is 2.21. The zero-order valence-electron chi connectivity index (χ0n) is 22.4. The topological polar surface area (TPSA) is 68.8 Å². The van der Waals surface area contributed by atoms with E-state index in [0.29, 0.717) is 19.6 Å². The highest BCUT2D eigenvalue weighted by Crippen LogP contribution is 2.38. The molecule has 2 saturated heterocycles. The van der Waals surface area contributed by atoms with Gasteiger partial charge in [-0.25, -0.2) is 9.37 Å². The number of aromatic nitrogens is 2. The molecule has 0 amide bonds. The van der Waals surface area contributed by atoms with Crippen molar-refractivity contribution in [2.24, 2.45) is 0 Å². The van der Waals surface area contributed by atoms with E-state index in [2.05, 4.69) is 60.2 Å². The highest BCUT2D eigenvalue weighted by atomic mass is 19.3. The second kappa shape index (κ2) is 10.6. The van der Waals surface area contributed by atoms with E-state index in [0.717, 1.165) is 24.2 Å². The first kappa shape index (κ1) is 27.4. The second-order valence-corrected chi connectivity index (χ2v) is 11.3. The van der Waals surface area contributed by atoms with Crippen molar-refractivity contribution >= 4 is 23.1 Å². The SMILES string of the molecule is CN1CCN(c2ccc(Nc3ncc(F)c(NC4CC(C)(C)N(C)C(C)(C)C4)n3)cc2)CC1OC(F)F. The molecule has 0 aliphatic carbocycles. The highest BCUT2D eigenvalue weighted by molar-refractivity contribution is 5.60. The van der Waals surface area contributed by atoms with Gasteiger partial charge in [-0.15, -0.1) is 0 Å². The van der Waals surface area contributed by atoms with Crippen LogP contribution in [-0.2, 0) is 4.74 Å². The molecule has 0 saturated carbocycles.